The van der Waals surface area contributed by atoms with Crippen LogP contribution in [0.4, 0.5) is 0 Å². The maximum Gasteiger partial charge on any atom is 0.147 e. The molecule has 0 radical (unpaired) electrons. The van der Waals surface area contributed by atoms with Gasteiger partial charge in [-0.05, 0) is 18.2 Å². The van der Waals surface area contributed by atoms with Crippen molar-refractivity contribution in [1.82, 2.24) is 4.98 Å². The Morgan fingerprint density at radius 3 is 2.76 bits per heavy atom. The molecule has 5 heteroatoms. The second-order valence-corrected chi connectivity index (χ2v) is 4.01. The minimum atomic E-state index is 0.278. The van der Waals surface area contributed by atoms with Crippen LogP contribution < -0.4 is 4.74 Å². The van der Waals surface area contributed by atoms with Crippen LogP contribution in [-0.4, -0.2) is 4.98 Å². The molecule has 2 rings (SSSR count). The van der Waals surface area contributed by atoms with Gasteiger partial charge in [-0.3, -0.25) is 0 Å². The van der Waals surface area contributed by atoms with Crippen LogP contribution in [0.15, 0.2) is 36.5 Å². The van der Waals surface area contributed by atoms with Gasteiger partial charge in [0.15, 0.2) is 0 Å². The Balaban J connectivity index is 2.31. The number of rotatable bonds is 2. The molecule has 0 aliphatic carbocycles. The molecule has 0 spiro atoms. The van der Waals surface area contributed by atoms with E-state index in [-0.39, 0.29) is 5.69 Å². The summed E-state index contributed by atoms with van der Waals surface area (Å²) in [7, 11) is 0. The second-order valence-electron chi connectivity index (χ2n) is 3.17. The summed E-state index contributed by atoms with van der Waals surface area (Å²) in [6, 6.07) is 10.0. The predicted octanol–water partition coefficient (Wildman–Crippen LogP) is 4.05. The molecule has 1 aromatic carbocycles. The first-order valence-corrected chi connectivity index (χ1v) is 5.43. The van der Waals surface area contributed by atoms with Gasteiger partial charge < -0.3 is 4.74 Å². The SMILES string of the molecule is N#Cc1cc(Oc2cc(Cl)ccc2Cl)ccn1. The van der Waals surface area contributed by atoms with Crippen molar-refractivity contribution in [2.75, 3.05) is 0 Å². The Morgan fingerprint density at radius 2 is 2.00 bits per heavy atom. The summed E-state index contributed by atoms with van der Waals surface area (Å²) < 4.78 is 5.52. The Morgan fingerprint density at radius 1 is 1.18 bits per heavy atom. The fraction of sp³-hybridized carbons (Fsp3) is 0. The number of halogens is 2. The lowest BCUT2D eigenvalue weighted by molar-refractivity contribution is 0.482. The van der Waals surface area contributed by atoms with Crippen LogP contribution in [0.2, 0.25) is 10.0 Å². The van der Waals surface area contributed by atoms with Gasteiger partial charge >= 0.3 is 0 Å². The van der Waals surface area contributed by atoms with Gasteiger partial charge in [0.05, 0.1) is 5.02 Å². The zero-order valence-corrected chi connectivity index (χ0v) is 10.0. The van der Waals surface area contributed by atoms with E-state index in [0.717, 1.165) is 0 Å². The van der Waals surface area contributed by atoms with Crippen LogP contribution in [0.1, 0.15) is 5.69 Å². The Labute approximate surface area is 108 Å². The maximum absolute atomic E-state index is 8.71. The summed E-state index contributed by atoms with van der Waals surface area (Å²) in [6.45, 7) is 0. The monoisotopic (exact) mass is 264 g/mol. The molecule has 1 aromatic heterocycles. The molecule has 17 heavy (non-hydrogen) atoms. The molecule has 0 amide bonds. The molecule has 0 saturated heterocycles. The third-order valence-corrected chi connectivity index (χ3v) is 2.51. The molecule has 0 fully saturated rings. The van der Waals surface area contributed by atoms with Crippen LogP contribution in [-0.2, 0) is 0 Å². The average Bonchev–Trinajstić information content (AvgIpc) is 2.34. The summed E-state index contributed by atoms with van der Waals surface area (Å²) in [5.74, 6) is 0.926. The van der Waals surface area contributed by atoms with Gasteiger partial charge in [0.2, 0.25) is 0 Å². The lowest BCUT2D eigenvalue weighted by Gasteiger charge is -2.07. The number of ether oxygens (including phenoxy) is 1. The van der Waals surface area contributed by atoms with Gasteiger partial charge in [0.25, 0.3) is 0 Å². The average molecular weight is 265 g/mol. The van der Waals surface area contributed by atoms with E-state index in [1.807, 2.05) is 6.07 Å². The smallest absolute Gasteiger partial charge is 0.147 e. The van der Waals surface area contributed by atoms with Crippen molar-refractivity contribution in [3.63, 3.8) is 0 Å². The predicted molar refractivity (Wildman–Crippen MR) is 65.5 cm³/mol. The minimum Gasteiger partial charge on any atom is -0.456 e. The van der Waals surface area contributed by atoms with Crippen LogP contribution in [0, 0.1) is 11.3 Å². The summed E-state index contributed by atoms with van der Waals surface area (Å²) in [4.78, 5) is 3.84. The number of pyridine rings is 1. The van der Waals surface area contributed by atoms with Gasteiger partial charge in [-0.2, -0.15) is 5.26 Å². The molecule has 0 N–H and O–H groups in total. The van der Waals surface area contributed by atoms with E-state index in [9.17, 15) is 0 Å². The zero-order valence-electron chi connectivity index (χ0n) is 8.52. The van der Waals surface area contributed by atoms with Gasteiger partial charge in [-0.1, -0.05) is 23.2 Å². The highest BCUT2D eigenvalue weighted by Crippen LogP contribution is 2.31. The van der Waals surface area contributed by atoms with E-state index >= 15 is 0 Å². The molecular formula is C12H6Cl2N2O. The summed E-state index contributed by atoms with van der Waals surface area (Å²) in [5.41, 5.74) is 0.278. The van der Waals surface area contributed by atoms with E-state index in [4.69, 9.17) is 33.2 Å². The van der Waals surface area contributed by atoms with E-state index in [1.54, 1.807) is 24.3 Å². The molecule has 84 valence electrons. The fourth-order valence-corrected chi connectivity index (χ4v) is 1.54. The first-order valence-electron chi connectivity index (χ1n) is 4.68. The summed E-state index contributed by atoms with van der Waals surface area (Å²) in [5, 5.41) is 9.69. The Kier molecular flexibility index (Phi) is 3.48. The first kappa shape index (κ1) is 11.7. The summed E-state index contributed by atoms with van der Waals surface area (Å²) in [6.07, 6.45) is 1.49. The molecule has 0 atom stereocenters. The van der Waals surface area contributed by atoms with Crippen molar-refractivity contribution in [2.24, 2.45) is 0 Å². The van der Waals surface area contributed by atoms with E-state index in [0.29, 0.717) is 21.5 Å². The van der Waals surface area contributed by atoms with Crippen LogP contribution in [0.3, 0.4) is 0 Å². The molecule has 0 bridgehead atoms. The minimum absolute atomic E-state index is 0.278. The van der Waals surface area contributed by atoms with E-state index < -0.39 is 0 Å². The van der Waals surface area contributed by atoms with Crippen molar-refractivity contribution in [1.29, 1.82) is 5.26 Å². The second kappa shape index (κ2) is 5.05. The summed E-state index contributed by atoms with van der Waals surface area (Å²) >= 11 is 11.8. The van der Waals surface area contributed by atoms with Gasteiger partial charge in [0.1, 0.15) is 23.3 Å². The molecule has 0 aliphatic rings. The lowest BCUT2D eigenvalue weighted by Crippen LogP contribution is -1.88. The number of benzene rings is 1. The van der Waals surface area contributed by atoms with Crippen LogP contribution >= 0.6 is 23.2 Å². The van der Waals surface area contributed by atoms with E-state index in [1.165, 1.54) is 12.3 Å². The topological polar surface area (TPSA) is 45.9 Å². The third-order valence-electron chi connectivity index (χ3n) is 1.97. The van der Waals surface area contributed by atoms with Crippen molar-refractivity contribution in [3.8, 4) is 17.6 Å². The molecule has 0 aliphatic heterocycles. The molecular weight excluding hydrogens is 259 g/mol. The highest BCUT2D eigenvalue weighted by atomic mass is 35.5. The lowest BCUT2D eigenvalue weighted by atomic mass is 10.3. The van der Waals surface area contributed by atoms with Crippen molar-refractivity contribution in [2.45, 2.75) is 0 Å². The molecule has 2 aromatic rings. The highest BCUT2D eigenvalue weighted by molar-refractivity contribution is 6.34. The van der Waals surface area contributed by atoms with Crippen molar-refractivity contribution in [3.05, 3.63) is 52.3 Å². The molecule has 1 heterocycles. The maximum atomic E-state index is 8.71. The van der Waals surface area contributed by atoms with Crippen molar-refractivity contribution >= 4 is 23.2 Å². The molecule has 3 nitrogen and oxygen atoms in total. The van der Waals surface area contributed by atoms with Crippen molar-refractivity contribution < 1.29 is 4.74 Å². The number of nitrogens with zero attached hydrogens (tertiary/aromatic N) is 2. The first-order chi connectivity index (χ1) is 8.19. The van der Waals surface area contributed by atoms with Gasteiger partial charge in [0, 0.05) is 23.4 Å². The Bertz CT molecular complexity index is 593. The number of aromatic nitrogens is 1. The number of hydrogen-bond acceptors (Lipinski definition) is 3. The normalized spacial score (nSPS) is 9.71. The third kappa shape index (κ3) is 2.88. The van der Waals surface area contributed by atoms with Gasteiger partial charge in [-0.15, -0.1) is 0 Å². The Hall–Kier alpha value is -1.76. The molecule has 0 unspecified atom stereocenters. The van der Waals surface area contributed by atoms with Crippen LogP contribution in [0.25, 0.3) is 0 Å². The van der Waals surface area contributed by atoms with Gasteiger partial charge in [-0.25, -0.2) is 4.98 Å². The van der Waals surface area contributed by atoms with Crippen LogP contribution in [0.5, 0.6) is 11.5 Å². The fourth-order valence-electron chi connectivity index (χ4n) is 1.22. The zero-order chi connectivity index (χ0) is 12.3. The van der Waals surface area contributed by atoms with E-state index in [2.05, 4.69) is 4.98 Å². The quantitative estimate of drug-likeness (QED) is 0.822. The highest BCUT2D eigenvalue weighted by Gasteiger charge is 2.05. The largest absolute Gasteiger partial charge is 0.456 e. The standard InChI is InChI=1S/C12H6Cl2N2O/c13-8-1-2-11(14)12(5-8)17-10-3-4-16-9(6-10)7-15/h1-6H. The molecule has 0 saturated carbocycles. The number of hydrogen-bond donors (Lipinski definition) is 0. The number of nitriles is 1.